The fraction of sp³-hybridized carbons (Fsp3) is 0.421. The first-order chi connectivity index (χ1) is 11.9. The molecular weight excluding hydrogens is 336 g/mol. The number of amides is 1. The van der Waals surface area contributed by atoms with Gasteiger partial charge in [-0.3, -0.25) is 4.79 Å². The van der Waals surface area contributed by atoms with Crippen molar-refractivity contribution in [2.45, 2.75) is 33.6 Å². The van der Waals surface area contributed by atoms with Crippen LogP contribution in [0.2, 0.25) is 5.02 Å². The maximum absolute atomic E-state index is 12.6. The molecule has 0 unspecified atom stereocenters. The summed E-state index contributed by atoms with van der Waals surface area (Å²) in [6.07, 6.45) is 1.60. The van der Waals surface area contributed by atoms with Gasteiger partial charge in [0.15, 0.2) is 0 Å². The Hall–Kier alpha value is -2.14. The Morgan fingerprint density at radius 2 is 1.76 bits per heavy atom. The lowest BCUT2D eigenvalue weighted by Gasteiger charge is -2.31. The van der Waals surface area contributed by atoms with Crippen LogP contribution >= 0.6 is 11.6 Å². The molecule has 132 valence electrons. The minimum atomic E-state index is 0.0113. The van der Waals surface area contributed by atoms with Crippen LogP contribution in [0.15, 0.2) is 24.3 Å². The van der Waals surface area contributed by atoms with E-state index in [1.807, 2.05) is 39.0 Å². The largest absolute Gasteiger partial charge is 0.341 e. The highest BCUT2D eigenvalue weighted by Gasteiger charge is 2.26. The molecule has 1 fully saturated rings. The number of benzene rings is 1. The molecule has 2 aromatic rings. The van der Waals surface area contributed by atoms with Gasteiger partial charge < -0.3 is 10.2 Å². The highest BCUT2D eigenvalue weighted by Crippen LogP contribution is 2.24. The zero-order valence-corrected chi connectivity index (χ0v) is 15.6. The van der Waals surface area contributed by atoms with E-state index in [0.717, 1.165) is 54.5 Å². The minimum Gasteiger partial charge on any atom is -0.341 e. The number of nitrogens with zero attached hydrogens (tertiary/aromatic N) is 3. The average molecular weight is 359 g/mol. The predicted octanol–water partition coefficient (Wildman–Crippen LogP) is 3.91. The summed E-state index contributed by atoms with van der Waals surface area (Å²) < 4.78 is 0. The van der Waals surface area contributed by atoms with Crippen molar-refractivity contribution in [3.8, 4) is 0 Å². The monoisotopic (exact) mass is 358 g/mol. The lowest BCUT2D eigenvalue weighted by Crippen LogP contribution is -2.39. The lowest BCUT2D eigenvalue weighted by atomic mass is 9.96. The van der Waals surface area contributed by atoms with Gasteiger partial charge in [0.1, 0.15) is 0 Å². The first-order valence-corrected chi connectivity index (χ1v) is 8.94. The summed E-state index contributed by atoms with van der Waals surface area (Å²) in [6, 6.07) is 7.48. The Morgan fingerprint density at radius 3 is 2.36 bits per heavy atom. The van der Waals surface area contributed by atoms with Gasteiger partial charge in [0, 0.05) is 41.1 Å². The van der Waals surface area contributed by atoms with Crippen molar-refractivity contribution in [3.05, 3.63) is 46.2 Å². The lowest BCUT2D eigenvalue weighted by molar-refractivity contribution is -0.120. The van der Waals surface area contributed by atoms with E-state index in [1.54, 1.807) is 6.07 Å². The second kappa shape index (κ2) is 7.40. The van der Waals surface area contributed by atoms with Gasteiger partial charge in [-0.05, 0) is 63.4 Å². The minimum absolute atomic E-state index is 0.0113. The van der Waals surface area contributed by atoms with E-state index in [2.05, 4.69) is 20.2 Å². The Labute approximate surface area is 153 Å². The van der Waals surface area contributed by atoms with E-state index in [-0.39, 0.29) is 11.8 Å². The molecule has 1 aliphatic rings. The summed E-state index contributed by atoms with van der Waals surface area (Å²) >= 11 is 5.97. The molecule has 0 bridgehead atoms. The van der Waals surface area contributed by atoms with Crippen LogP contribution in [-0.2, 0) is 4.79 Å². The van der Waals surface area contributed by atoms with Crippen molar-refractivity contribution in [1.29, 1.82) is 0 Å². The van der Waals surface area contributed by atoms with Crippen molar-refractivity contribution >= 4 is 29.1 Å². The summed E-state index contributed by atoms with van der Waals surface area (Å²) in [5.41, 5.74) is 3.75. The quantitative estimate of drug-likeness (QED) is 0.903. The van der Waals surface area contributed by atoms with E-state index in [9.17, 15) is 4.79 Å². The number of anilines is 2. The number of carbonyl (C=O) groups excluding carboxylic acids is 1. The number of rotatable bonds is 3. The second-order valence-corrected chi connectivity index (χ2v) is 7.10. The van der Waals surface area contributed by atoms with Crippen molar-refractivity contribution < 1.29 is 4.79 Å². The zero-order valence-electron chi connectivity index (χ0n) is 14.8. The van der Waals surface area contributed by atoms with E-state index in [4.69, 9.17) is 11.6 Å². The Morgan fingerprint density at radius 1 is 1.12 bits per heavy atom. The standard InChI is InChI=1S/C19H23ClN4O/c1-12-10-16(20)4-5-17(12)23-18(25)15-6-8-24(9-7-15)19-21-13(2)11-14(3)22-19/h4-5,10-11,15H,6-9H2,1-3H3,(H,23,25). The summed E-state index contributed by atoms with van der Waals surface area (Å²) in [6.45, 7) is 7.49. The summed E-state index contributed by atoms with van der Waals surface area (Å²) in [7, 11) is 0. The van der Waals surface area contributed by atoms with Crippen molar-refractivity contribution in [1.82, 2.24) is 9.97 Å². The van der Waals surface area contributed by atoms with Crippen LogP contribution in [0.5, 0.6) is 0 Å². The Balaban J connectivity index is 1.60. The van der Waals surface area contributed by atoms with Crippen LogP contribution in [0.4, 0.5) is 11.6 Å². The van der Waals surface area contributed by atoms with Gasteiger partial charge in [-0.25, -0.2) is 9.97 Å². The molecule has 1 aliphatic heterocycles. The molecule has 3 rings (SSSR count). The number of hydrogen-bond donors (Lipinski definition) is 1. The van der Waals surface area contributed by atoms with Gasteiger partial charge in [-0.1, -0.05) is 11.6 Å². The van der Waals surface area contributed by atoms with E-state index in [1.165, 1.54) is 0 Å². The van der Waals surface area contributed by atoms with Gasteiger partial charge in [-0.2, -0.15) is 0 Å². The maximum atomic E-state index is 12.6. The molecule has 0 radical (unpaired) electrons. The third-order valence-corrected chi connectivity index (χ3v) is 4.80. The van der Waals surface area contributed by atoms with Gasteiger partial charge >= 0.3 is 0 Å². The molecule has 1 aromatic heterocycles. The van der Waals surface area contributed by atoms with E-state index in [0.29, 0.717) is 5.02 Å². The van der Waals surface area contributed by atoms with E-state index < -0.39 is 0 Å². The molecule has 5 nitrogen and oxygen atoms in total. The number of aryl methyl sites for hydroxylation is 3. The zero-order chi connectivity index (χ0) is 18.0. The second-order valence-electron chi connectivity index (χ2n) is 6.66. The molecule has 1 aromatic carbocycles. The van der Waals surface area contributed by atoms with Crippen LogP contribution in [-0.4, -0.2) is 29.0 Å². The number of aromatic nitrogens is 2. The van der Waals surface area contributed by atoms with Crippen molar-refractivity contribution in [3.63, 3.8) is 0 Å². The van der Waals surface area contributed by atoms with Crippen LogP contribution in [0, 0.1) is 26.7 Å². The summed E-state index contributed by atoms with van der Waals surface area (Å²) in [5.74, 6) is 0.855. The first-order valence-electron chi connectivity index (χ1n) is 8.56. The smallest absolute Gasteiger partial charge is 0.227 e. The Bertz CT molecular complexity index is 765. The molecule has 0 atom stereocenters. The number of nitrogens with one attached hydrogen (secondary N) is 1. The average Bonchev–Trinajstić information content (AvgIpc) is 2.56. The molecule has 0 spiro atoms. The van der Waals surface area contributed by atoms with Gasteiger partial charge in [-0.15, -0.1) is 0 Å². The molecule has 1 N–H and O–H groups in total. The normalized spacial score (nSPS) is 15.3. The van der Waals surface area contributed by atoms with Crippen LogP contribution in [0.25, 0.3) is 0 Å². The summed E-state index contributed by atoms with van der Waals surface area (Å²) in [5, 5.41) is 3.71. The molecule has 25 heavy (non-hydrogen) atoms. The highest BCUT2D eigenvalue weighted by molar-refractivity contribution is 6.30. The molecule has 0 aliphatic carbocycles. The molecule has 6 heteroatoms. The number of carbonyl (C=O) groups is 1. The third kappa shape index (κ3) is 4.28. The number of hydrogen-bond acceptors (Lipinski definition) is 4. The van der Waals surface area contributed by atoms with Crippen molar-refractivity contribution in [2.75, 3.05) is 23.3 Å². The fourth-order valence-electron chi connectivity index (χ4n) is 3.19. The predicted molar refractivity (Wildman–Crippen MR) is 101 cm³/mol. The summed E-state index contributed by atoms with van der Waals surface area (Å²) in [4.78, 5) is 23.8. The van der Waals surface area contributed by atoms with Gasteiger partial charge in [0.25, 0.3) is 0 Å². The fourth-order valence-corrected chi connectivity index (χ4v) is 3.42. The number of halogens is 1. The maximum Gasteiger partial charge on any atom is 0.227 e. The van der Waals surface area contributed by atoms with Gasteiger partial charge in [0.05, 0.1) is 0 Å². The third-order valence-electron chi connectivity index (χ3n) is 4.57. The SMILES string of the molecule is Cc1cc(C)nc(N2CCC(C(=O)Nc3ccc(Cl)cc3C)CC2)n1. The topological polar surface area (TPSA) is 58.1 Å². The van der Waals surface area contributed by atoms with Crippen molar-refractivity contribution in [2.24, 2.45) is 5.92 Å². The molecule has 1 saturated heterocycles. The van der Waals surface area contributed by atoms with Crippen LogP contribution < -0.4 is 10.2 Å². The first kappa shape index (κ1) is 17.7. The van der Waals surface area contributed by atoms with Gasteiger partial charge in [0.2, 0.25) is 11.9 Å². The van der Waals surface area contributed by atoms with Crippen LogP contribution in [0.3, 0.4) is 0 Å². The molecule has 2 heterocycles. The highest BCUT2D eigenvalue weighted by atomic mass is 35.5. The Kier molecular flexibility index (Phi) is 5.23. The van der Waals surface area contributed by atoms with E-state index >= 15 is 0 Å². The molecule has 1 amide bonds. The molecular formula is C19H23ClN4O. The number of piperidine rings is 1. The molecule has 0 saturated carbocycles. The van der Waals surface area contributed by atoms with Crippen LogP contribution in [0.1, 0.15) is 29.8 Å².